The standard InChI is InChI=1S/C31H36F2N4O4S/c1-35(2)42(40,41)37(28-18-16-26(33)17-19-28)22-30(38)36(21-24-12-14-25(32)15-13-24)29(20-23-8-4-3-5-9-23)31(39)34-27-10-6-7-11-27/h3-5,8-9,12-19,27,29H,6-7,10-11,20-22H2,1-2H3,(H,34,39). The number of rotatable bonds is 12. The zero-order chi connectivity index (χ0) is 30.3. The fourth-order valence-corrected chi connectivity index (χ4v) is 6.09. The molecule has 1 aliphatic rings. The highest BCUT2D eigenvalue weighted by Gasteiger charge is 2.35. The second kappa shape index (κ2) is 13.9. The molecule has 3 aromatic carbocycles. The van der Waals surface area contributed by atoms with Crippen molar-refractivity contribution in [1.29, 1.82) is 0 Å². The minimum Gasteiger partial charge on any atom is -0.352 e. The summed E-state index contributed by atoms with van der Waals surface area (Å²) in [6, 6.07) is 18.6. The Morgan fingerprint density at radius 2 is 1.43 bits per heavy atom. The molecule has 1 atom stereocenters. The molecule has 42 heavy (non-hydrogen) atoms. The van der Waals surface area contributed by atoms with E-state index in [1.54, 1.807) is 0 Å². The molecule has 0 heterocycles. The molecule has 0 aromatic heterocycles. The van der Waals surface area contributed by atoms with Crippen LogP contribution in [0.25, 0.3) is 0 Å². The first kappa shape index (κ1) is 31.1. The zero-order valence-corrected chi connectivity index (χ0v) is 24.6. The highest BCUT2D eigenvalue weighted by atomic mass is 32.2. The molecule has 11 heteroatoms. The number of amides is 2. The van der Waals surface area contributed by atoms with Crippen molar-refractivity contribution in [2.24, 2.45) is 0 Å². The van der Waals surface area contributed by atoms with Crippen molar-refractivity contribution in [2.45, 2.75) is 50.7 Å². The maximum absolute atomic E-state index is 14.2. The van der Waals surface area contributed by atoms with Gasteiger partial charge in [0.05, 0.1) is 5.69 Å². The molecule has 0 spiro atoms. The van der Waals surface area contributed by atoms with Gasteiger partial charge in [-0.1, -0.05) is 55.3 Å². The van der Waals surface area contributed by atoms with Crippen LogP contribution in [0.3, 0.4) is 0 Å². The van der Waals surface area contributed by atoms with Crippen LogP contribution in [0.1, 0.15) is 36.8 Å². The van der Waals surface area contributed by atoms with E-state index in [-0.39, 0.29) is 30.6 Å². The lowest BCUT2D eigenvalue weighted by molar-refractivity contribution is -0.140. The summed E-state index contributed by atoms with van der Waals surface area (Å²) in [6.45, 7) is -0.705. The number of hydrogen-bond acceptors (Lipinski definition) is 4. The van der Waals surface area contributed by atoms with Gasteiger partial charge in [0.25, 0.3) is 0 Å². The maximum atomic E-state index is 14.2. The Morgan fingerprint density at radius 1 is 0.857 bits per heavy atom. The largest absolute Gasteiger partial charge is 0.352 e. The van der Waals surface area contributed by atoms with E-state index in [0.29, 0.717) is 5.56 Å². The fraction of sp³-hybridized carbons (Fsp3) is 0.355. The van der Waals surface area contributed by atoms with Crippen LogP contribution >= 0.6 is 0 Å². The molecule has 0 saturated heterocycles. The van der Waals surface area contributed by atoms with Crippen LogP contribution in [-0.2, 0) is 32.8 Å². The highest BCUT2D eigenvalue weighted by Crippen LogP contribution is 2.23. The first-order chi connectivity index (χ1) is 20.0. The molecule has 1 aliphatic carbocycles. The molecule has 0 radical (unpaired) electrons. The molecular formula is C31H36F2N4O4S. The summed E-state index contributed by atoms with van der Waals surface area (Å²) in [6.07, 6.45) is 3.87. The molecule has 4 rings (SSSR count). The Morgan fingerprint density at radius 3 is 2.00 bits per heavy atom. The van der Waals surface area contributed by atoms with Crippen molar-refractivity contribution in [3.05, 3.63) is 102 Å². The van der Waals surface area contributed by atoms with Gasteiger partial charge in [-0.25, -0.2) is 13.1 Å². The van der Waals surface area contributed by atoms with E-state index < -0.39 is 40.3 Å². The van der Waals surface area contributed by atoms with Crippen LogP contribution in [0.2, 0.25) is 0 Å². The van der Waals surface area contributed by atoms with Gasteiger partial charge in [0, 0.05) is 33.1 Å². The number of anilines is 1. The summed E-state index contributed by atoms with van der Waals surface area (Å²) in [5.74, 6) is -1.99. The summed E-state index contributed by atoms with van der Waals surface area (Å²) >= 11 is 0. The summed E-state index contributed by atoms with van der Waals surface area (Å²) in [5, 5.41) is 3.09. The van der Waals surface area contributed by atoms with Crippen molar-refractivity contribution in [2.75, 3.05) is 24.9 Å². The number of carbonyl (C=O) groups is 2. The van der Waals surface area contributed by atoms with E-state index >= 15 is 0 Å². The Balaban J connectivity index is 1.74. The topological polar surface area (TPSA) is 90.0 Å². The Hall–Kier alpha value is -3.83. The van der Waals surface area contributed by atoms with E-state index in [9.17, 15) is 26.8 Å². The van der Waals surface area contributed by atoms with Gasteiger partial charge >= 0.3 is 10.2 Å². The maximum Gasteiger partial charge on any atom is 0.304 e. The van der Waals surface area contributed by atoms with E-state index in [2.05, 4.69) is 5.32 Å². The van der Waals surface area contributed by atoms with Crippen molar-refractivity contribution >= 4 is 27.7 Å². The predicted octanol–water partition coefficient (Wildman–Crippen LogP) is 4.28. The predicted molar refractivity (Wildman–Crippen MR) is 158 cm³/mol. The summed E-state index contributed by atoms with van der Waals surface area (Å²) < 4.78 is 56.0. The zero-order valence-electron chi connectivity index (χ0n) is 23.7. The molecule has 1 unspecified atom stereocenters. The lowest BCUT2D eigenvalue weighted by atomic mass is 10.0. The molecule has 1 saturated carbocycles. The third-order valence-corrected chi connectivity index (χ3v) is 9.19. The van der Waals surface area contributed by atoms with Crippen molar-refractivity contribution < 1.29 is 26.8 Å². The van der Waals surface area contributed by atoms with E-state index in [1.165, 1.54) is 55.4 Å². The molecule has 1 fully saturated rings. The first-order valence-electron chi connectivity index (χ1n) is 13.9. The van der Waals surface area contributed by atoms with Gasteiger partial charge in [-0.15, -0.1) is 0 Å². The van der Waals surface area contributed by atoms with Crippen LogP contribution in [0.5, 0.6) is 0 Å². The highest BCUT2D eigenvalue weighted by molar-refractivity contribution is 7.90. The molecule has 8 nitrogen and oxygen atoms in total. The van der Waals surface area contributed by atoms with Crippen LogP contribution in [0.15, 0.2) is 78.9 Å². The molecule has 224 valence electrons. The number of benzene rings is 3. The van der Waals surface area contributed by atoms with Crippen LogP contribution in [-0.4, -0.2) is 62.2 Å². The van der Waals surface area contributed by atoms with Gasteiger partial charge in [0.1, 0.15) is 24.2 Å². The monoisotopic (exact) mass is 598 g/mol. The van der Waals surface area contributed by atoms with Gasteiger partial charge < -0.3 is 10.2 Å². The second-order valence-electron chi connectivity index (χ2n) is 10.6. The number of carbonyl (C=O) groups excluding carboxylic acids is 2. The first-order valence-corrected chi connectivity index (χ1v) is 15.3. The molecule has 1 N–H and O–H groups in total. The molecule has 0 aliphatic heterocycles. The quantitative estimate of drug-likeness (QED) is 0.337. The number of hydrogen-bond donors (Lipinski definition) is 1. The van der Waals surface area contributed by atoms with E-state index in [4.69, 9.17) is 0 Å². The normalized spacial score (nSPS) is 14.5. The summed E-state index contributed by atoms with van der Waals surface area (Å²) in [7, 11) is -1.52. The van der Waals surface area contributed by atoms with Crippen LogP contribution < -0.4 is 9.62 Å². The van der Waals surface area contributed by atoms with Crippen LogP contribution in [0, 0.1) is 11.6 Å². The lowest BCUT2D eigenvalue weighted by Crippen LogP contribution is -2.55. The van der Waals surface area contributed by atoms with Gasteiger partial charge in [-0.2, -0.15) is 12.7 Å². The molecule has 2 amide bonds. The van der Waals surface area contributed by atoms with Crippen molar-refractivity contribution in [3.63, 3.8) is 0 Å². The average Bonchev–Trinajstić information content (AvgIpc) is 3.48. The number of nitrogens with zero attached hydrogens (tertiary/aromatic N) is 3. The summed E-state index contributed by atoms with van der Waals surface area (Å²) in [5.41, 5.74) is 1.48. The van der Waals surface area contributed by atoms with Crippen molar-refractivity contribution in [3.8, 4) is 0 Å². The molecule has 0 bridgehead atoms. The van der Waals surface area contributed by atoms with Gasteiger partial charge in [-0.3, -0.25) is 9.59 Å². The SMILES string of the molecule is CN(C)S(=O)(=O)N(CC(=O)N(Cc1ccc(F)cc1)C(Cc1ccccc1)C(=O)NC1CCCC1)c1ccc(F)cc1. The van der Waals surface area contributed by atoms with Crippen LogP contribution in [0.4, 0.5) is 14.5 Å². The fourth-order valence-electron chi connectivity index (χ4n) is 5.03. The Bertz CT molecular complexity index is 1450. The van der Waals surface area contributed by atoms with Crippen molar-refractivity contribution in [1.82, 2.24) is 14.5 Å². The third-order valence-electron chi connectivity index (χ3n) is 7.37. The van der Waals surface area contributed by atoms with E-state index in [1.807, 2.05) is 30.3 Å². The van der Waals surface area contributed by atoms with Gasteiger partial charge in [0.15, 0.2) is 0 Å². The minimum absolute atomic E-state index is 0.0108. The van der Waals surface area contributed by atoms with Gasteiger partial charge in [0.2, 0.25) is 11.8 Å². The Labute approximate surface area is 246 Å². The second-order valence-corrected chi connectivity index (χ2v) is 12.7. The lowest BCUT2D eigenvalue weighted by Gasteiger charge is -2.35. The van der Waals surface area contributed by atoms with Gasteiger partial charge in [-0.05, 0) is 60.4 Å². The molecular weight excluding hydrogens is 562 g/mol. The Kier molecular flexibility index (Phi) is 10.3. The summed E-state index contributed by atoms with van der Waals surface area (Å²) in [4.78, 5) is 29.4. The third kappa shape index (κ3) is 7.92. The smallest absolute Gasteiger partial charge is 0.304 e. The molecule has 3 aromatic rings. The van der Waals surface area contributed by atoms with E-state index in [0.717, 1.165) is 52.0 Å². The minimum atomic E-state index is -4.19. The number of halogens is 2. The average molecular weight is 599 g/mol. The number of nitrogens with one attached hydrogen (secondary N) is 1.